The number of rotatable bonds is 3. The summed E-state index contributed by atoms with van der Waals surface area (Å²) < 4.78 is 6.97. The average Bonchev–Trinajstić information content (AvgIpc) is 2.72. The highest BCUT2D eigenvalue weighted by Gasteiger charge is 2.21. The molecule has 0 unspecified atom stereocenters. The van der Waals surface area contributed by atoms with E-state index in [1.54, 1.807) is 13.1 Å². The van der Waals surface area contributed by atoms with E-state index >= 15 is 0 Å². The molecule has 0 radical (unpaired) electrons. The van der Waals surface area contributed by atoms with Gasteiger partial charge in [0.05, 0.1) is 6.61 Å². The van der Waals surface area contributed by atoms with Crippen molar-refractivity contribution in [1.82, 2.24) is 9.55 Å². The Balaban J connectivity index is 2.25. The van der Waals surface area contributed by atoms with E-state index in [1.807, 2.05) is 4.57 Å². The van der Waals surface area contributed by atoms with Gasteiger partial charge in [-0.25, -0.2) is 9.78 Å². The van der Waals surface area contributed by atoms with E-state index in [1.165, 1.54) is 0 Å². The maximum Gasteiger partial charge on any atom is 0.358 e. The first-order chi connectivity index (χ1) is 7.76. The van der Waals surface area contributed by atoms with Crippen LogP contribution in [0.2, 0.25) is 0 Å². The van der Waals surface area contributed by atoms with Crippen LogP contribution in [0.5, 0.6) is 0 Å². The predicted molar refractivity (Wildman–Crippen MR) is 60.7 cm³/mol. The minimum absolute atomic E-state index is 0.333. The molecule has 2 rings (SSSR count). The number of aryl methyl sites for hydroxylation is 1. The van der Waals surface area contributed by atoms with Crippen molar-refractivity contribution in [1.29, 1.82) is 0 Å². The van der Waals surface area contributed by atoms with Crippen LogP contribution in [0.4, 0.5) is 5.95 Å². The van der Waals surface area contributed by atoms with E-state index in [-0.39, 0.29) is 5.97 Å². The molecule has 0 aromatic carbocycles. The molecule has 0 amide bonds. The summed E-state index contributed by atoms with van der Waals surface area (Å²) in [5.74, 6) is 0.553. The number of hydrogen-bond donors (Lipinski definition) is 0. The SMILES string of the molecule is CCOC(=O)c1cn2c(n1)N(CC)CCC2. The smallest absolute Gasteiger partial charge is 0.358 e. The highest BCUT2D eigenvalue weighted by Crippen LogP contribution is 2.20. The molecule has 1 aromatic rings. The fourth-order valence-corrected chi connectivity index (χ4v) is 1.96. The summed E-state index contributed by atoms with van der Waals surface area (Å²) in [6, 6.07) is 0. The molecule has 1 aromatic heterocycles. The molecule has 0 spiro atoms. The Morgan fingerprint density at radius 1 is 1.50 bits per heavy atom. The van der Waals surface area contributed by atoms with Crippen molar-refractivity contribution in [3.63, 3.8) is 0 Å². The van der Waals surface area contributed by atoms with Crippen LogP contribution in [0.3, 0.4) is 0 Å². The molecule has 0 atom stereocenters. The number of fused-ring (bicyclic) bond motifs is 1. The zero-order valence-electron chi connectivity index (χ0n) is 9.77. The lowest BCUT2D eigenvalue weighted by atomic mass is 10.3. The Bertz CT molecular complexity index is 387. The van der Waals surface area contributed by atoms with Crippen molar-refractivity contribution >= 4 is 11.9 Å². The summed E-state index contributed by atoms with van der Waals surface area (Å²) in [6.07, 6.45) is 2.88. The third kappa shape index (κ3) is 1.89. The van der Waals surface area contributed by atoms with E-state index in [9.17, 15) is 4.79 Å². The predicted octanol–water partition coefficient (Wildman–Crippen LogP) is 1.29. The molecule has 0 fully saturated rings. The average molecular weight is 223 g/mol. The highest BCUT2D eigenvalue weighted by atomic mass is 16.5. The van der Waals surface area contributed by atoms with Crippen LogP contribution >= 0.6 is 0 Å². The van der Waals surface area contributed by atoms with E-state index in [0.717, 1.165) is 32.0 Å². The Labute approximate surface area is 95.0 Å². The van der Waals surface area contributed by atoms with Crippen LogP contribution in [0.1, 0.15) is 30.8 Å². The normalized spacial score (nSPS) is 14.8. The molecule has 2 heterocycles. The molecule has 0 N–H and O–H groups in total. The van der Waals surface area contributed by atoms with Crippen LogP contribution in [-0.4, -0.2) is 35.2 Å². The Morgan fingerprint density at radius 3 is 3.00 bits per heavy atom. The second kappa shape index (κ2) is 4.55. The number of carbonyl (C=O) groups is 1. The van der Waals surface area contributed by atoms with Gasteiger partial charge in [-0.1, -0.05) is 0 Å². The lowest BCUT2D eigenvalue weighted by Gasteiger charge is -2.27. The number of esters is 1. The van der Waals surface area contributed by atoms with Crippen molar-refractivity contribution in [3.8, 4) is 0 Å². The van der Waals surface area contributed by atoms with Gasteiger partial charge < -0.3 is 14.2 Å². The lowest BCUT2D eigenvalue weighted by Crippen LogP contribution is -2.31. The van der Waals surface area contributed by atoms with Gasteiger partial charge in [0.1, 0.15) is 0 Å². The van der Waals surface area contributed by atoms with Crippen LogP contribution in [0.15, 0.2) is 6.20 Å². The summed E-state index contributed by atoms with van der Waals surface area (Å²) in [6.45, 7) is 7.13. The van der Waals surface area contributed by atoms with Gasteiger partial charge in [-0.3, -0.25) is 0 Å². The molecule has 0 saturated heterocycles. The van der Waals surface area contributed by atoms with Crippen molar-refractivity contribution in [3.05, 3.63) is 11.9 Å². The van der Waals surface area contributed by atoms with Crippen LogP contribution < -0.4 is 4.90 Å². The largest absolute Gasteiger partial charge is 0.461 e. The van der Waals surface area contributed by atoms with Gasteiger partial charge in [0.25, 0.3) is 0 Å². The molecule has 5 heteroatoms. The standard InChI is InChI=1S/C11H17N3O2/c1-3-13-6-5-7-14-8-9(12-11(13)14)10(15)16-4-2/h8H,3-7H2,1-2H3. The van der Waals surface area contributed by atoms with Crippen molar-refractivity contribution in [2.24, 2.45) is 0 Å². The topological polar surface area (TPSA) is 47.4 Å². The molecule has 5 nitrogen and oxygen atoms in total. The third-order valence-corrected chi connectivity index (χ3v) is 2.73. The van der Waals surface area contributed by atoms with E-state index < -0.39 is 0 Å². The summed E-state index contributed by atoms with van der Waals surface area (Å²) in [5, 5.41) is 0. The van der Waals surface area contributed by atoms with Crippen molar-refractivity contribution in [2.45, 2.75) is 26.8 Å². The molecule has 0 saturated carbocycles. The van der Waals surface area contributed by atoms with Crippen molar-refractivity contribution in [2.75, 3.05) is 24.6 Å². The maximum atomic E-state index is 11.5. The van der Waals surface area contributed by atoms with Gasteiger partial charge in [0, 0.05) is 25.8 Å². The highest BCUT2D eigenvalue weighted by molar-refractivity contribution is 5.87. The fraction of sp³-hybridized carbons (Fsp3) is 0.636. The molecule has 88 valence electrons. The molecule has 1 aliphatic rings. The molecule has 1 aliphatic heterocycles. The van der Waals surface area contributed by atoms with Gasteiger partial charge in [-0.2, -0.15) is 0 Å². The fourth-order valence-electron chi connectivity index (χ4n) is 1.96. The molecular weight excluding hydrogens is 206 g/mol. The number of nitrogens with zero attached hydrogens (tertiary/aromatic N) is 3. The van der Waals surface area contributed by atoms with Crippen molar-refractivity contribution < 1.29 is 9.53 Å². The first kappa shape index (κ1) is 11.0. The van der Waals surface area contributed by atoms with E-state index in [0.29, 0.717) is 12.3 Å². The number of aromatic nitrogens is 2. The minimum Gasteiger partial charge on any atom is -0.461 e. The van der Waals surface area contributed by atoms with Gasteiger partial charge >= 0.3 is 5.97 Å². The molecular formula is C11H17N3O2. The van der Waals surface area contributed by atoms with Crippen LogP contribution in [0, 0.1) is 0 Å². The number of anilines is 1. The number of imidazole rings is 1. The molecule has 0 aliphatic carbocycles. The van der Waals surface area contributed by atoms with Gasteiger partial charge in [0.15, 0.2) is 5.69 Å². The number of hydrogen-bond acceptors (Lipinski definition) is 4. The molecule has 16 heavy (non-hydrogen) atoms. The summed E-state index contributed by atoms with van der Waals surface area (Å²) >= 11 is 0. The number of ether oxygens (including phenoxy) is 1. The quantitative estimate of drug-likeness (QED) is 0.724. The first-order valence-corrected chi connectivity index (χ1v) is 5.75. The van der Waals surface area contributed by atoms with Crippen LogP contribution in [0.25, 0.3) is 0 Å². The minimum atomic E-state index is -0.333. The summed E-state index contributed by atoms with van der Waals surface area (Å²) in [4.78, 5) is 18.0. The summed E-state index contributed by atoms with van der Waals surface area (Å²) in [5.41, 5.74) is 0.414. The zero-order valence-corrected chi connectivity index (χ0v) is 9.77. The number of carbonyl (C=O) groups excluding carboxylic acids is 1. The van der Waals surface area contributed by atoms with E-state index in [4.69, 9.17) is 4.74 Å². The van der Waals surface area contributed by atoms with Gasteiger partial charge in [-0.15, -0.1) is 0 Å². The monoisotopic (exact) mass is 223 g/mol. The maximum absolute atomic E-state index is 11.5. The second-order valence-corrected chi connectivity index (χ2v) is 3.77. The van der Waals surface area contributed by atoms with Gasteiger partial charge in [-0.05, 0) is 20.3 Å². The Kier molecular flexibility index (Phi) is 3.12. The molecule has 0 bridgehead atoms. The van der Waals surface area contributed by atoms with E-state index in [2.05, 4.69) is 16.8 Å². The Morgan fingerprint density at radius 2 is 2.31 bits per heavy atom. The summed E-state index contributed by atoms with van der Waals surface area (Å²) in [7, 11) is 0. The third-order valence-electron chi connectivity index (χ3n) is 2.73. The zero-order chi connectivity index (χ0) is 11.5. The van der Waals surface area contributed by atoms with Gasteiger partial charge in [0.2, 0.25) is 5.95 Å². The first-order valence-electron chi connectivity index (χ1n) is 5.75. The Hall–Kier alpha value is -1.52. The second-order valence-electron chi connectivity index (χ2n) is 3.77. The lowest BCUT2D eigenvalue weighted by molar-refractivity contribution is 0.0520. The van der Waals surface area contributed by atoms with Crippen LogP contribution in [-0.2, 0) is 11.3 Å².